The molecule has 9 nitrogen and oxygen atoms in total. The fraction of sp³-hybridized carbons (Fsp3) is 0.595. The molecule has 47 heavy (non-hydrogen) atoms. The maximum Gasteiger partial charge on any atom is 0.410 e. The SMILES string of the molecule is CCc1cc(-c2cc(C(=O)N3CCCC3)ccc2F)c(OCCCOC)cc1C(=O)N(C(C)C)[C@@H]1CCCN(C(=O)OC(C)(C)C)C1. The Balaban J connectivity index is 1.72. The first-order chi connectivity index (χ1) is 22.3. The van der Waals surface area contributed by atoms with Crippen LogP contribution in [0.5, 0.6) is 5.75 Å². The van der Waals surface area contributed by atoms with Crippen molar-refractivity contribution in [3.8, 4) is 16.9 Å². The minimum absolute atomic E-state index is 0.116. The lowest BCUT2D eigenvalue weighted by atomic mass is 9.93. The summed E-state index contributed by atoms with van der Waals surface area (Å²) in [6.07, 6.45) is 4.17. The Bertz CT molecular complexity index is 1420. The Hall–Kier alpha value is -3.66. The van der Waals surface area contributed by atoms with Gasteiger partial charge in [0.2, 0.25) is 0 Å². The maximum atomic E-state index is 15.6. The molecule has 0 spiro atoms. The fourth-order valence-corrected chi connectivity index (χ4v) is 6.43. The van der Waals surface area contributed by atoms with Crippen molar-refractivity contribution in [2.45, 2.75) is 97.8 Å². The van der Waals surface area contributed by atoms with Gasteiger partial charge in [-0.05, 0) is 103 Å². The molecule has 4 rings (SSSR count). The average molecular weight is 654 g/mol. The second-order valence-electron chi connectivity index (χ2n) is 13.8. The topological polar surface area (TPSA) is 88.6 Å². The van der Waals surface area contributed by atoms with Gasteiger partial charge in [0.1, 0.15) is 17.2 Å². The second kappa shape index (κ2) is 16.0. The summed E-state index contributed by atoms with van der Waals surface area (Å²) in [5.41, 5.74) is 1.78. The molecule has 0 unspecified atom stereocenters. The zero-order chi connectivity index (χ0) is 34.3. The molecule has 2 heterocycles. The van der Waals surface area contributed by atoms with E-state index in [1.165, 1.54) is 12.1 Å². The number of hydrogen-bond donors (Lipinski definition) is 0. The molecule has 0 aliphatic carbocycles. The van der Waals surface area contributed by atoms with Gasteiger partial charge in [0.05, 0.1) is 12.6 Å². The fourth-order valence-electron chi connectivity index (χ4n) is 6.43. The summed E-state index contributed by atoms with van der Waals surface area (Å²) >= 11 is 0. The monoisotopic (exact) mass is 653 g/mol. The predicted octanol–water partition coefficient (Wildman–Crippen LogP) is 6.96. The van der Waals surface area contributed by atoms with E-state index < -0.39 is 11.4 Å². The molecule has 2 aliphatic rings. The number of halogens is 1. The lowest BCUT2D eigenvalue weighted by Gasteiger charge is -2.42. The number of carbonyl (C=O) groups excluding carboxylic acids is 3. The highest BCUT2D eigenvalue weighted by atomic mass is 19.1. The maximum absolute atomic E-state index is 15.6. The van der Waals surface area contributed by atoms with Crippen molar-refractivity contribution >= 4 is 17.9 Å². The van der Waals surface area contributed by atoms with Crippen LogP contribution in [0, 0.1) is 5.82 Å². The van der Waals surface area contributed by atoms with Crippen LogP contribution in [0.15, 0.2) is 30.3 Å². The Kier molecular flexibility index (Phi) is 12.3. The number of aryl methyl sites for hydroxylation is 1. The van der Waals surface area contributed by atoms with Crippen LogP contribution in [0.2, 0.25) is 0 Å². The zero-order valence-corrected chi connectivity index (χ0v) is 29.2. The van der Waals surface area contributed by atoms with Crippen LogP contribution < -0.4 is 4.74 Å². The van der Waals surface area contributed by atoms with E-state index in [0.717, 1.165) is 31.2 Å². The molecule has 2 aromatic rings. The lowest BCUT2D eigenvalue weighted by molar-refractivity contribution is 0.00749. The molecule has 0 aromatic heterocycles. The highest BCUT2D eigenvalue weighted by Crippen LogP contribution is 2.37. The van der Waals surface area contributed by atoms with Crippen molar-refractivity contribution in [1.29, 1.82) is 0 Å². The molecule has 2 saturated heterocycles. The van der Waals surface area contributed by atoms with Gasteiger partial charge in [0, 0.05) is 74.6 Å². The average Bonchev–Trinajstić information content (AvgIpc) is 3.57. The van der Waals surface area contributed by atoms with Gasteiger partial charge in [0.15, 0.2) is 0 Å². The van der Waals surface area contributed by atoms with Gasteiger partial charge in [-0.25, -0.2) is 9.18 Å². The molecule has 0 saturated carbocycles. The van der Waals surface area contributed by atoms with Crippen LogP contribution >= 0.6 is 0 Å². The largest absolute Gasteiger partial charge is 0.493 e. The third-order valence-corrected chi connectivity index (χ3v) is 8.70. The van der Waals surface area contributed by atoms with Crippen LogP contribution in [0.1, 0.15) is 99.9 Å². The summed E-state index contributed by atoms with van der Waals surface area (Å²) in [4.78, 5) is 46.0. The quantitative estimate of drug-likeness (QED) is 0.244. The van der Waals surface area contributed by atoms with Crippen molar-refractivity contribution in [3.05, 3.63) is 52.8 Å². The van der Waals surface area contributed by atoms with E-state index in [1.807, 2.05) is 52.5 Å². The number of likely N-dealkylation sites (tertiary alicyclic amines) is 2. The molecule has 0 radical (unpaired) electrons. The molecular formula is C37H52FN3O6. The van der Waals surface area contributed by atoms with Crippen molar-refractivity contribution in [1.82, 2.24) is 14.7 Å². The first-order valence-electron chi connectivity index (χ1n) is 17.0. The summed E-state index contributed by atoms with van der Waals surface area (Å²) in [7, 11) is 1.62. The zero-order valence-electron chi connectivity index (χ0n) is 29.2. The molecule has 0 N–H and O–H groups in total. The lowest BCUT2D eigenvalue weighted by Crippen LogP contribution is -2.54. The van der Waals surface area contributed by atoms with Crippen molar-refractivity contribution < 1.29 is 33.0 Å². The number of ether oxygens (including phenoxy) is 3. The van der Waals surface area contributed by atoms with E-state index in [0.29, 0.717) is 74.7 Å². The van der Waals surface area contributed by atoms with Crippen molar-refractivity contribution in [2.24, 2.45) is 0 Å². The Labute approximate surface area is 279 Å². The third-order valence-electron chi connectivity index (χ3n) is 8.70. The molecule has 1 atom stereocenters. The predicted molar refractivity (Wildman–Crippen MR) is 180 cm³/mol. The molecule has 3 amide bonds. The third kappa shape index (κ3) is 9.03. The standard InChI is InChI=1S/C37H52FN3O6/c1-8-26-21-31(30-22-27(14-15-32(30)38)34(42)39-16-9-10-17-39)33(46-20-12-19-45-7)23-29(26)35(43)41(25(2)3)28-13-11-18-40(24-28)36(44)47-37(4,5)6/h14-15,21-23,25,28H,8-13,16-20,24H2,1-7H3/t28-/m1/s1. The molecule has 2 aliphatic heterocycles. The molecule has 258 valence electrons. The van der Waals surface area contributed by atoms with Crippen LogP contribution in [0.25, 0.3) is 11.1 Å². The number of rotatable bonds is 11. The molecule has 0 bridgehead atoms. The molecule has 2 fully saturated rings. The number of nitrogens with zero attached hydrogens (tertiary/aromatic N) is 3. The Morgan fingerprint density at radius 1 is 0.979 bits per heavy atom. The Morgan fingerprint density at radius 2 is 1.68 bits per heavy atom. The van der Waals surface area contributed by atoms with Gasteiger partial charge in [-0.15, -0.1) is 0 Å². The Morgan fingerprint density at radius 3 is 2.32 bits per heavy atom. The van der Waals surface area contributed by atoms with Gasteiger partial charge in [0.25, 0.3) is 11.8 Å². The minimum atomic E-state index is -0.616. The van der Waals surface area contributed by atoms with Crippen molar-refractivity contribution in [3.63, 3.8) is 0 Å². The van der Waals surface area contributed by atoms with E-state index in [-0.39, 0.29) is 35.6 Å². The highest BCUT2D eigenvalue weighted by Gasteiger charge is 2.35. The molecule has 10 heteroatoms. The summed E-state index contributed by atoms with van der Waals surface area (Å²) in [5.74, 6) is -0.387. The van der Waals surface area contributed by atoms with E-state index in [1.54, 1.807) is 29.0 Å². The summed E-state index contributed by atoms with van der Waals surface area (Å²) in [5, 5.41) is 0. The number of carbonyl (C=O) groups is 3. The number of hydrogen-bond acceptors (Lipinski definition) is 6. The van der Waals surface area contributed by atoms with Gasteiger partial charge >= 0.3 is 6.09 Å². The van der Waals surface area contributed by atoms with Crippen molar-refractivity contribution in [2.75, 3.05) is 46.5 Å². The first kappa shape index (κ1) is 36.2. The van der Waals surface area contributed by atoms with E-state index in [2.05, 4.69) is 0 Å². The van der Waals surface area contributed by atoms with Gasteiger partial charge in [-0.3, -0.25) is 9.59 Å². The minimum Gasteiger partial charge on any atom is -0.493 e. The second-order valence-corrected chi connectivity index (χ2v) is 13.8. The van der Waals surface area contributed by atoms with Crippen LogP contribution in [0.4, 0.5) is 9.18 Å². The normalized spacial score (nSPS) is 16.8. The van der Waals surface area contributed by atoms with E-state index >= 15 is 4.39 Å². The summed E-state index contributed by atoms with van der Waals surface area (Å²) in [6, 6.07) is 7.66. The molecular weight excluding hydrogens is 601 g/mol. The number of methoxy groups -OCH3 is 1. The number of amides is 3. The molecule has 2 aromatic carbocycles. The summed E-state index contributed by atoms with van der Waals surface area (Å²) < 4.78 is 32.7. The first-order valence-corrected chi connectivity index (χ1v) is 17.0. The number of benzene rings is 2. The number of piperidine rings is 1. The highest BCUT2D eigenvalue weighted by molar-refractivity contribution is 5.99. The van der Waals surface area contributed by atoms with E-state index in [9.17, 15) is 14.4 Å². The smallest absolute Gasteiger partial charge is 0.410 e. The van der Waals surface area contributed by atoms with Crippen LogP contribution in [-0.4, -0.2) is 96.8 Å². The van der Waals surface area contributed by atoms with Crippen LogP contribution in [0.3, 0.4) is 0 Å². The van der Waals surface area contributed by atoms with Gasteiger partial charge < -0.3 is 28.9 Å². The van der Waals surface area contributed by atoms with Crippen LogP contribution in [-0.2, 0) is 15.9 Å². The van der Waals surface area contributed by atoms with E-state index in [4.69, 9.17) is 14.2 Å². The van der Waals surface area contributed by atoms with Gasteiger partial charge in [-0.2, -0.15) is 0 Å². The van der Waals surface area contributed by atoms with Gasteiger partial charge in [-0.1, -0.05) is 6.92 Å². The summed E-state index contributed by atoms with van der Waals surface area (Å²) in [6.45, 7) is 14.6.